The zero-order chi connectivity index (χ0) is 23.0. The first-order valence-electron chi connectivity index (χ1n) is 10.1. The van der Waals surface area contributed by atoms with Crippen molar-refractivity contribution in [1.82, 2.24) is 4.90 Å². The second kappa shape index (κ2) is 8.46. The van der Waals surface area contributed by atoms with Crippen LogP contribution < -0.4 is 9.64 Å². The number of benzene rings is 2. The van der Waals surface area contributed by atoms with Crippen molar-refractivity contribution in [1.29, 1.82) is 0 Å². The molecule has 32 heavy (non-hydrogen) atoms. The first kappa shape index (κ1) is 21.6. The predicted molar refractivity (Wildman–Crippen MR) is 130 cm³/mol. The third-order valence-corrected chi connectivity index (χ3v) is 5.64. The van der Waals surface area contributed by atoms with E-state index in [2.05, 4.69) is 22.4 Å². The van der Waals surface area contributed by atoms with Crippen LogP contribution in [0.4, 0.5) is 11.4 Å². The number of aliphatic imine (C=N–C) groups is 1. The zero-order valence-corrected chi connectivity index (χ0v) is 19.1. The number of thiocarbonyl (C=S) groups is 1. The van der Waals surface area contributed by atoms with Gasteiger partial charge in [0.15, 0.2) is 0 Å². The summed E-state index contributed by atoms with van der Waals surface area (Å²) < 4.78 is 6.39. The number of hydrogen-bond acceptors (Lipinski definition) is 6. The topological polar surface area (TPSA) is 65.4 Å². The van der Waals surface area contributed by atoms with Gasteiger partial charge in [-0.15, -0.1) is 0 Å². The number of rotatable bonds is 5. The number of fused-ring (bicyclic) bond motifs is 2. The SMILES string of the molecule is CN(C)C1=CC2Oc3cc(N(C)C)ccc3C(c3ccc(N=C=S)cc3C(=O)O)=C2C=C1. The highest BCUT2D eigenvalue weighted by atomic mass is 32.1. The van der Waals surface area contributed by atoms with Gasteiger partial charge < -0.3 is 19.6 Å². The molecule has 0 saturated carbocycles. The maximum atomic E-state index is 12.2. The second-order valence-corrected chi connectivity index (χ2v) is 8.18. The average Bonchev–Trinajstić information content (AvgIpc) is 2.76. The Kier molecular flexibility index (Phi) is 5.70. The van der Waals surface area contributed by atoms with Gasteiger partial charge in [0.05, 0.1) is 16.4 Å². The van der Waals surface area contributed by atoms with E-state index in [0.717, 1.165) is 28.1 Å². The van der Waals surface area contributed by atoms with Gasteiger partial charge >= 0.3 is 5.97 Å². The van der Waals surface area contributed by atoms with Crippen molar-refractivity contribution >= 4 is 40.3 Å². The number of hydrogen-bond donors (Lipinski definition) is 1. The van der Waals surface area contributed by atoms with Gasteiger partial charge in [0.25, 0.3) is 0 Å². The Morgan fingerprint density at radius 3 is 2.47 bits per heavy atom. The maximum Gasteiger partial charge on any atom is 0.336 e. The summed E-state index contributed by atoms with van der Waals surface area (Å²) in [5.74, 6) is -0.324. The Bertz CT molecular complexity index is 1250. The van der Waals surface area contributed by atoms with E-state index < -0.39 is 5.97 Å². The van der Waals surface area contributed by atoms with Gasteiger partial charge in [-0.25, -0.2) is 4.79 Å². The Morgan fingerprint density at radius 1 is 1.06 bits per heavy atom. The molecule has 1 atom stereocenters. The van der Waals surface area contributed by atoms with Gasteiger partial charge in [-0.1, -0.05) is 12.1 Å². The minimum absolute atomic E-state index is 0.151. The van der Waals surface area contributed by atoms with Gasteiger partial charge in [0.1, 0.15) is 11.9 Å². The van der Waals surface area contributed by atoms with E-state index in [1.165, 1.54) is 6.07 Å². The van der Waals surface area contributed by atoms with Gasteiger partial charge in [-0.05, 0) is 54.2 Å². The summed E-state index contributed by atoms with van der Waals surface area (Å²) in [4.78, 5) is 20.2. The van der Waals surface area contributed by atoms with Crippen molar-refractivity contribution < 1.29 is 14.6 Å². The fourth-order valence-electron chi connectivity index (χ4n) is 3.93. The van der Waals surface area contributed by atoms with E-state index >= 15 is 0 Å². The van der Waals surface area contributed by atoms with Crippen molar-refractivity contribution in [3.05, 3.63) is 82.6 Å². The number of aromatic carboxylic acids is 1. The summed E-state index contributed by atoms with van der Waals surface area (Å²) in [6.07, 6.45) is 5.73. The number of ether oxygens (including phenoxy) is 1. The molecule has 1 unspecified atom stereocenters. The largest absolute Gasteiger partial charge is 0.481 e. The van der Waals surface area contributed by atoms with E-state index in [1.807, 2.05) is 74.4 Å². The number of isothiocyanates is 1. The van der Waals surface area contributed by atoms with E-state index in [0.29, 0.717) is 17.0 Å². The first-order chi connectivity index (χ1) is 15.3. The molecule has 0 bridgehead atoms. The lowest BCUT2D eigenvalue weighted by Crippen LogP contribution is -2.27. The van der Waals surface area contributed by atoms with Crippen LogP contribution in [0.15, 0.2) is 70.9 Å². The Hall–Kier alpha value is -3.67. The Morgan fingerprint density at radius 2 is 1.81 bits per heavy atom. The van der Waals surface area contributed by atoms with Crippen molar-refractivity contribution in [2.24, 2.45) is 4.99 Å². The summed E-state index contributed by atoms with van der Waals surface area (Å²) >= 11 is 4.68. The molecule has 2 aromatic rings. The van der Waals surface area contributed by atoms with Crippen LogP contribution >= 0.6 is 12.2 Å². The van der Waals surface area contributed by atoms with E-state index in [1.54, 1.807) is 12.1 Å². The lowest BCUT2D eigenvalue weighted by Gasteiger charge is -2.33. The molecular weight excluding hydrogens is 422 g/mol. The minimum Gasteiger partial charge on any atom is -0.481 e. The minimum atomic E-state index is -1.03. The quantitative estimate of drug-likeness (QED) is 0.529. The highest BCUT2D eigenvalue weighted by Crippen LogP contribution is 2.44. The summed E-state index contributed by atoms with van der Waals surface area (Å²) in [7, 11) is 7.89. The van der Waals surface area contributed by atoms with Crippen molar-refractivity contribution in [2.45, 2.75) is 6.10 Å². The lowest BCUT2D eigenvalue weighted by molar-refractivity contribution is 0.0696. The van der Waals surface area contributed by atoms with Gasteiger partial charge in [0, 0.05) is 62.4 Å². The standard InChI is InChI=1S/C25H23N3O3S/c1-27(2)16-6-9-19-22(12-16)31-23-13-17(28(3)4)7-10-20(23)24(19)18-8-5-15(26-14-32)11-21(18)25(29)30/h5-13,22H,1-4H3,(H,29,30). The summed E-state index contributed by atoms with van der Waals surface area (Å²) in [5.41, 5.74) is 5.83. The van der Waals surface area contributed by atoms with E-state index in [-0.39, 0.29) is 11.7 Å². The highest BCUT2D eigenvalue weighted by molar-refractivity contribution is 7.78. The molecule has 1 aliphatic carbocycles. The lowest BCUT2D eigenvalue weighted by atomic mass is 9.83. The number of anilines is 1. The molecule has 2 aliphatic rings. The zero-order valence-electron chi connectivity index (χ0n) is 18.3. The first-order valence-corrected chi connectivity index (χ1v) is 10.5. The molecule has 162 valence electrons. The summed E-state index contributed by atoms with van der Waals surface area (Å²) in [5, 5.41) is 12.3. The van der Waals surface area contributed by atoms with Crippen molar-refractivity contribution in [3.8, 4) is 5.75 Å². The van der Waals surface area contributed by atoms with E-state index in [4.69, 9.17) is 4.74 Å². The molecular formula is C25H23N3O3S. The van der Waals surface area contributed by atoms with Crippen LogP contribution in [-0.4, -0.2) is 55.4 Å². The predicted octanol–water partition coefficient (Wildman–Crippen LogP) is 4.76. The number of carboxylic acids is 1. The summed E-state index contributed by atoms with van der Waals surface area (Å²) in [6.45, 7) is 0. The van der Waals surface area contributed by atoms with Gasteiger partial charge in [-0.2, -0.15) is 4.99 Å². The second-order valence-electron chi connectivity index (χ2n) is 8.00. The number of likely N-dealkylation sites (N-methyl/N-ethyl adjacent to an activating group) is 1. The van der Waals surface area contributed by atoms with Crippen molar-refractivity contribution in [2.75, 3.05) is 33.1 Å². The van der Waals surface area contributed by atoms with Crippen LogP contribution in [0.2, 0.25) is 0 Å². The van der Waals surface area contributed by atoms with Gasteiger partial charge in [0.2, 0.25) is 0 Å². The van der Waals surface area contributed by atoms with Crippen LogP contribution in [0.3, 0.4) is 0 Å². The maximum absolute atomic E-state index is 12.2. The molecule has 1 N–H and O–H groups in total. The summed E-state index contributed by atoms with van der Waals surface area (Å²) in [6, 6.07) is 11.0. The van der Waals surface area contributed by atoms with Crippen LogP contribution in [0.1, 0.15) is 21.5 Å². The number of carboxylic acid groups (broad SMARTS) is 1. The molecule has 0 fully saturated rings. The molecule has 0 radical (unpaired) electrons. The molecule has 6 nitrogen and oxygen atoms in total. The third kappa shape index (κ3) is 3.84. The van der Waals surface area contributed by atoms with Gasteiger partial charge in [-0.3, -0.25) is 0 Å². The fraction of sp³-hybridized carbons (Fsp3) is 0.200. The normalized spacial score (nSPS) is 16.2. The Labute approximate surface area is 192 Å². The average molecular weight is 446 g/mol. The number of nitrogens with zero attached hydrogens (tertiary/aromatic N) is 3. The molecule has 4 rings (SSSR count). The molecule has 2 aromatic carbocycles. The fourth-order valence-corrected chi connectivity index (χ4v) is 4.03. The van der Waals surface area contributed by atoms with Crippen LogP contribution in [0.25, 0.3) is 5.57 Å². The molecule has 1 aliphatic heterocycles. The van der Waals surface area contributed by atoms with Crippen LogP contribution in [-0.2, 0) is 0 Å². The van der Waals surface area contributed by atoms with Crippen LogP contribution in [0, 0.1) is 0 Å². The smallest absolute Gasteiger partial charge is 0.336 e. The van der Waals surface area contributed by atoms with Crippen molar-refractivity contribution in [3.63, 3.8) is 0 Å². The van der Waals surface area contributed by atoms with E-state index in [9.17, 15) is 9.90 Å². The molecule has 0 aromatic heterocycles. The molecule has 7 heteroatoms. The molecule has 0 spiro atoms. The number of allylic oxidation sites excluding steroid dienone is 1. The molecule has 1 heterocycles. The monoisotopic (exact) mass is 445 g/mol. The van der Waals surface area contributed by atoms with Crippen LogP contribution in [0.5, 0.6) is 5.75 Å². The number of carbonyl (C=O) groups is 1. The molecule has 0 saturated heterocycles. The molecule has 0 amide bonds. The highest BCUT2D eigenvalue weighted by Gasteiger charge is 2.31. The third-order valence-electron chi connectivity index (χ3n) is 5.55. The Balaban J connectivity index is 2.00.